The lowest BCUT2D eigenvalue weighted by Crippen LogP contribution is -2.19. The zero-order valence-corrected chi connectivity index (χ0v) is 18.4. The van der Waals surface area contributed by atoms with Gasteiger partial charge in [-0.2, -0.15) is 0 Å². The molecule has 0 saturated carbocycles. The summed E-state index contributed by atoms with van der Waals surface area (Å²) in [6.07, 6.45) is 0. The topological polar surface area (TPSA) is 32.3 Å². The van der Waals surface area contributed by atoms with E-state index in [1.54, 1.807) is 0 Å². The summed E-state index contributed by atoms with van der Waals surface area (Å²) in [4.78, 5) is 0. The maximum absolute atomic E-state index is 11.0. The van der Waals surface area contributed by atoms with Crippen LogP contribution in [-0.2, 0) is 12.0 Å². The highest BCUT2D eigenvalue weighted by molar-refractivity contribution is 7.56. The lowest BCUT2D eigenvalue weighted by atomic mass is 9.85. The van der Waals surface area contributed by atoms with E-state index in [9.17, 15) is 5.11 Å². The van der Waals surface area contributed by atoms with Crippen LogP contribution in [0.3, 0.4) is 0 Å². The highest BCUT2D eigenvalue weighted by Gasteiger charge is 2.21. The standard InChI is InChI=1S/C25H30NOP/c1-17-14-21(25(3,4)5)23(27)22(15-17)28-24-18(2)10-9-11-19(24)16-26-20-12-7-6-8-13-20/h6-15,26-28H,16H2,1-5H3. The molecule has 0 spiro atoms. The average Bonchev–Trinajstić information content (AvgIpc) is 2.64. The normalized spacial score (nSPS) is 11.9. The number of benzene rings is 3. The van der Waals surface area contributed by atoms with Crippen molar-refractivity contribution >= 4 is 24.9 Å². The van der Waals surface area contributed by atoms with Gasteiger partial charge in [-0.25, -0.2) is 0 Å². The quantitative estimate of drug-likeness (QED) is 0.559. The minimum Gasteiger partial charge on any atom is -0.507 e. The van der Waals surface area contributed by atoms with Crippen LogP contribution in [0, 0.1) is 13.8 Å². The van der Waals surface area contributed by atoms with E-state index >= 15 is 0 Å². The number of aryl methyl sites for hydroxylation is 2. The average molecular weight is 391 g/mol. The molecule has 2 nitrogen and oxygen atoms in total. The first-order valence-corrected chi connectivity index (χ1v) is 10.7. The number of rotatable bonds is 5. The molecule has 0 aliphatic rings. The third-order valence-electron chi connectivity index (χ3n) is 4.94. The molecule has 0 aromatic heterocycles. The number of para-hydroxylation sites is 1. The van der Waals surface area contributed by atoms with E-state index in [0.29, 0.717) is 14.3 Å². The van der Waals surface area contributed by atoms with Gasteiger partial charge in [0.15, 0.2) is 0 Å². The van der Waals surface area contributed by atoms with E-state index in [1.165, 1.54) is 22.0 Å². The summed E-state index contributed by atoms with van der Waals surface area (Å²) in [7, 11) is 0.423. The third kappa shape index (κ3) is 4.75. The molecule has 0 fully saturated rings. The van der Waals surface area contributed by atoms with E-state index in [1.807, 2.05) is 18.2 Å². The fourth-order valence-electron chi connectivity index (χ4n) is 3.39. The molecular weight excluding hydrogens is 361 g/mol. The second-order valence-electron chi connectivity index (χ2n) is 8.41. The molecule has 0 aliphatic heterocycles. The van der Waals surface area contributed by atoms with Crippen molar-refractivity contribution in [1.82, 2.24) is 0 Å². The van der Waals surface area contributed by atoms with Crippen LogP contribution in [0.25, 0.3) is 0 Å². The van der Waals surface area contributed by atoms with Gasteiger partial charge in [-0.1, -0.05) is 71.8 Å². The first kappa shape index (κ1) is 20.4. The predicted octanol–water partition coefficient (Wildman–Crippen LogP) is 5.55. The second kappa shape index (κ2) is 8.37. The number of phenolic OH excluding ortho intramolecular Hbond substituents is 1. The van der Waals surface area contributed by atoms with Crippen LogP contribution in [0.15, 0.2) is 60.7 Å². The Balaban J connectivity index is 1.94. The van der Waals surface area contributed by atoms with Crippen LogP contribution in [0.5, 0.6) is 5.75 Å². The summed E-state index contributed by atoms with van der Waals surface area (Å²) in [6.45, 7) is 11.5. The Morgan fingerprint density at radius 3 is 2.32 bits per heavy atom. The second-order valence-corrected chi connectivity index (χ2v) is 9.70. The Labute approximate surface area is 170 Å². The summed E-state index contributed by atoms with van der Waals surface area (Å²) >= 11 is 0. The molecule has 3 heteroatoms. The molecule has 0 aliphatic carbocycles. The van der Waals surface area contributed by atoms with Gasteiger partial charge < -0.3 is 10.4 Å². The number of hydrogen-bond donors (Lipinski definition) is 2. The summed E-state index contributed by atoms with van der Waals surface area (Å²) in [5, 5.41) is 16.8. The van der Waals surface area contributed by atoms with Gasteiger partial charge in [0, 0.05) is 23.1 Å². The Kier molecular flexibility index (Phi) is 6.10. The van der Waals surface area contributed by atoms with E-state index in [4.69, 9.17) is 0 Å². The van der Waals surface area contributed by atoms with Crippen molar-refractivity contribution in [2.45, 2.75) is 46.6 Å². The van der Waals surface area contributed by atoms with Crippen LogP contribution in [0.2, 0.25) is 0 Å². The van der Waals surface area contributed by atoms with Gasteiger partial charge in [-0.3, -0.25) is 0 Å². The first-order chi connectivity index (χ1) is 13.3. The molecule has 0 radical (unpaired) electrons. The van der Waals surface area contributed by atoms with Gasteiger partial charge in [-0.15, -0.1) is 0 Å². The summed E-state index contributed by atoms with van der Waals surface area (Å²) in [5.41, 5.74) is 5.80. The smallest absolute Gasteiger partial charge is 0.127 e. The van der Waals surface area contributed by atoms with Gasteiger partial charge in [0.05, 0.1) is 0 Å². The van der Waals surface area contributed by atoms with Crippen LogP contribution in [-0.4, -0.2) is 5.11 Å². The van der Waals surface area contributed by atoms with E-state index in [0.717, 1.165) is 23.1 Å². The lowest BCUT2D eigenvalue weighted by molar-refractivity contribution is 0.450. The molecule has 1 unspecified atom stereocenters. The molecule has 0 heterocycles. The highest BCUT2D eigenvalue weighted by Crippen LogP contribution is 2.33. The lowest BCUT2D eigenvalue weighted by Gasteiger charge is -2.23. The van der Waals surface area contributed by atoms with Crippen molar-refractivity contribution in [3.8, 4) is 5.75 Å². The molecule has 3 aromatic rings. The molecule has 28 heavy (non-hydrogen) atoms. The molecule has 0 bridgehead atoms. The maximum atomic E-state index is 11.0. The Morgan fingerprint density at radius 1 is 0.929 bits per heavy atom. The third-order valence-corrected chi connectivity index (χ3v) is 6.55. The van der Waals surface area contributed by atoms with Crippen molar-refractivity contribution < 1.29 is 5.11 Å². The van der Waals surface area contributed by atoms with Crippen molar-refractivity contribution in [1.29, 1.82) is 0 Å². The largest absolute Gasteiger partial charge is 0.507 e. The van der Waals surface area contributed by atoms with Crippen molar-refractivity contribution in [2.24, 2.45) is 0 Å². The van der Waals surface area contributed by atoms with E-state index in [2.05, 4.69) is 82.4 Å². The zero-order valence-electron chi connectivity index (χ0n) is 17.4. The molecule has 0 amide bonds. The Bertz CT molecular complexity index is 958. The van der Waals surface area contributed by atoms with Gasteiger partial charge in [-0.05, 0) is 59.5 Å². The molecule has 3 rings (SSSR count). The maximum Gasteiger partial charge on any atom is 0.127 e. The summed E-state index contributed by atoms with van der Waals surface area (Å²) < 4.78 is 0. The van der Waals surface area contributed by atoms with Crippen molar-refractivity contribution in [2.75, 3.05) is 5.32 Å². The molecular formula is C25H30NOP. The van der Waals surface area contributed by atoms with Crippen LogP contribution < -0.4 is 15.9 Å². The fourth-order valence-corrected chi connectivity index (χ4v) is 4.82. The Morgan fingerprint density at radius 2 is 1.64 bits per heavy atom. The molecule has 0 saturated heterocycles. The predicted molar refractivity (Wildman–Crippen MR) is 124 cm³/mol. The number of phenols is 1. The van der Waals surface area contributed by atoms with E-state index < -0.39 is 0 Å². The number of anilines is 1. The van der Waals surface area contributed by atoms with Gasteiger partial charge >= 0.3 is 0 Å². The number of hydrogen-bond acceptors (Lipinski definition) is 2. The first-order valence-electron chi connectivity index (χ1n) is 9.74. The minimum atomic E-state index is -0.0846. The summed E-state index contributed by atoms with van der Waals surface area (Å²) in [5.74, 6) is 0.446. The van der Waals surface area contributed by atoms with Crippen LogP contribution in [0.4, 0.5) is 5.69 Å². The number of nitrogens with one attached hydrogen (secondary N) is 1. The SMILES string of the molecule is Cc1cc(Pc2c(C)cccc2CNc2ccccc2)c(O)c(C(C)(C)C)c1. The van der Waals surface area contributed by atoms with Gasteiger partial charge in [0.1, 0.15) is 5.75 Å². The summed E-state index contributed by atoms with van der Waals surface area (Å²) in [6, 6.07) is 21.0. The molecule has 3 aromatic carbocycles. The zero-order chi connectivity index (χ0) is 20.3. The highest BCUT2D eigenvalue weighted by atomic mass is 31.1. The monoisotopic (exact) mass is 391 g/mol. The van der Waals surface area contributed by atoms with Crippen LogP contribution >= 0.6 is 8.58 Å². The molecule has 2 N–H and O–H groups in total. The molecule has 146 valence electrons. The number of aromatic hydroxyl groups is 1. The van der Waals surface area contributed by atoms with Crippen molar-refractivity contribution in [3.05, 3.63) is 82.9 Å². The van der Waals surface area contributed by atoms with Gasteiger partial charge in [0.25, 0.3) is 0 Å². The minimum absolute atomic E-state index is 0.0846. The Hall–Kier alpha value is -2.31. The molecule has 1 atom stereocenters. The fraction of sp³-hybridized carbons (Fsp3) is 0.280. The van der Waals surface area contributed by atoms with Crippen LogP contribution in [0.1, 0.15) is 43.0 Å². The van der Waals surface area contributed by atoms with E-state index in [-0.39, 0.29) is 5.41 Å². The van der Waals surface area contributed by atoms with Gasteiger partial charge in [0.2, 0.25) is 0 Å². The van der Waals surface area contributed by atoms with Crippen molar-refractivity contribution in [3.63, 3.8) is 0 Å².